The molecule has 0 radical (unpaired) electrons. The summed E-state index contributed by atoms with van der Waals surface area (Å²) in [5, 5.41) is 8.11. The molecule has 0 fully saturated rings. The summed E-state index contributed by atoms with van der Waals surface area (Å²) in [6.45, 7) is 5.08. The van der Waals surface area contributed by atoms with Crippen LogP contribution in [0, 0.1) is 11.2 Å². The minimum Gasteiger partial charge on any atom is -0.481 e. The number of aliphatic carboxylic acids is 1. The van der Waals surface area contributed by atoms with Gasteiger partial charge in [0, 0.05) is 12.2 Å². The molecule has 1 unspecified atom stereocenters. The Balaban J connectivity index is 3.10. The smallest absolute Gasteiger partial charge is 0.304 e. The molecule has 6 nitrogen and oxygen atoms in total. The molecule has 0 aromatic carbocycles. The highest BCUT2D eigenvalue weighted by molar-refractivity contribution is 7.89. The molecule has 1 atom stereocenters. The summed E-state index contributed by atoms with van der Waals surface area (Å²) < 4.78 is 39.9. The second kappa shape index (κ2) is 5.84. The summed E-state index contributed by atoms with van der Waals surface area (Å²) in [5.41, 5.74) is -0.642. The van der Waals surface area contributed by atoms with Gasteiger partial charge >= 0.3 is 5.97 Å². The van der Waals surface area contributed by atoms with E-state index in [-0.39, 0.29) is 0 Å². The SMILES string of the molecule is CC(C)(C)C(CC(=O)O)NS(=O)(=O)c1ncccc1F. The van der Waals surface area contributed by atoms with Gasteiger partial charge in [-0.25, -0.2) is 22.5 Å². The number of nitrogens with one attached hydrogen (secondary N) is 1. The highest BCUT2D eigenvalue weighted by Crippen LogP contribution is 2.24. The lowest BCUT2D eigenvalue weighted by Gasteiger charge is -2.29. The van der Waals surface area contributed by atoms with Crippen molar-refractivity contribution in [3.63, 3.8) is 0 Å². The summed E-state index contributed by atoms with van der Waals surface area (Å²) in [6, 6.07) is 1.36. The minimum absolute atomic E-state index is 0.406. The van der Waals surface area contributed by atoms with Gasteiger partial charge in [0.25, 0.3) is 10.0 Å². The molecular weight excluding hydrogens is 287 g/mol. The number of pyridine rings is 1. The molecule has 20 heavy (non-hydrogen) atoms. The Kier molecular flexibility index (Phi) is 4.82. The lowest BCUT2D eigenvalue weighted by molar-refractivity contribution is -0.138. The number of carbonyl (C=O) groups is 1. The van der Waals surface area contributed by atoms with Crippen LogP contribution in [-0.4, -0.2) is 30.5 Å². The number of nitrogens with zero attached hydrogens (tertiary/aromatic N) is 1. The van der Waals surface area contributed by atoms with Crippen molar-refractivity contribution in [2.75, 3.05) is 0 Å². The van der Waals surface area contributed by atoms with Crippen molar-refractivity contribution in [3.8, 4) is 0 Å². The molecule has 8 heteroatoms. The Labute approximate surface area is 117 Å². The van der Waals surface area contributed by atoms with Crippen LogP contribution in [0.4, 0.5) is 4.39 Å². The van der Waals surface area contributed by atoms with E-state index in [9.17, 15) is 17.6 Å². The van der Waals surface area contributed by atoms with Crippen LogP contribution in [0.3, 0.4) is 0 Å². The Bertz CT molecular complexity index is 596. The number of hydrogen-bond donors (Lipinski definition) is 2. The molecule has 0 aliphatic rings. The molecule has 112 valence electrons. The van der Waals surface area contributed by atoms with E-state index in [4.69, 9.17) is 5.11 Å². The molecule has 1 heterocycles. The van der Waals surface area contributed by atoms with Crippen LogP contribution in [0.2, 0.25) is 0 Å². The predicted molar refractivity (Wildman–Crippen MR) is 70.0 cm³/mol. The van der Waals surface area contributed by atoms with E-state index >= 15 is 0 Å². The van der Waals surface area contributed by atoms with Crippen molar-refractivity contribution in [3.05, 3.63) is 24.1 Å². The van der Waals surface area contributed by atoms with Gasteiger partial charge in [0.2, 0.25) is 5.03 Å². The maximum Gasteiger partial charge on any atom is 0.304 e. The van der Waals surface area contributed by atoms with E-state index in [2.05, 4.69) is 9.71 Å². The van der Waals surface area contributed by atoms with Crippen LogP contribution < -0.4 is 4.72 Å². The van der Waals surface area contributed by atoms with Crippen LogP contribution in [0.15, 0.2) is 23.4 Å². The molecule has 0 amide bonds. The van der Waals surface area contributed by atoms with Crippen LogP contribution in [0.1, 0.15) is 27.2 Å². The van der Waals surface area contributed by atoms with Crippen LogP contribution in [0.5, 0.6) is 0 Å². The number of hydrogen-bond acceptors (Lipinski definition) is 4. The Hall–Kier alpha value is -1.54. The molecule has 1 aromatic rings. The first-order valence-corrected chi connectivity index (χ1v) is 7.37. The molecule has 0 aliphatic carbocycles. The summed E-state index contributed by atoms with van der Waals surface area (Å²) in [5.74, 6) is -2.13. The summed E-state index contributed by atoms with van der Waals surface area (Å²) in [4.78, 5) is 14.3. The van der Waals surface area contributed by atoms with Gasteiger partial charge in [-0.05, 0) is 17.5 Å². The number of sulfonamides is 1. The van der Waals surface area contributed by atoms with Crippen molar-refractivity contribution in [2.24, 2.45) is 5.41 Å². The highest BCUT2D eigenvalue weighted by Gasteiger charge is 2.33. The molecule has 0 spiro atoms. The fourth-order valence-electron chi connectivity index (χ4n) is 1.51. The first-order chi connectivity index (χ1) is 9.04. The van der Waals surface area contributed by atoms with E-state index in [0.717, 1.165) is 12.3 Å². The maximum absolute atomic E-state index is 13.5. The largest absolute Gasteiger partial charge is 0.481 e. The zero-order valence-electron chi connectivity index (χ0n) is 11.4. The van der Waals surface area contributed by atoms with E-state index in [1.54, 1.807) is 20.8 Å². The van der Waals surface area contributed by atoms with Gasteiger partial charge in [-0.2, -0.15) is 0 Å². The summed E-state index contributed by atoms with van der Waals surface area (Å²) >= 11 is 0. The van der Waals surface area contributed by atoms with Crippen molar-refractivity contribution in [2.45, 2.75) is 38.3 Å². The average Bonchev–Trinajstić information content (AvgIpc) is 2.26. The first kappa shape index (κ1) is 16.5. The van der Waals surface area contributed by atoms with E-state index < -0.39 is 44.7 Å². The highest BCUT2D eigenvalue weighted by atomic mass is 32.2. The number of halogens is 1. The summed E-state index contributed by atoms with van der Waals surface area (Å²) in [7, 11) is -4.22. The lowest BCUT2D eigenvalue weighted by atomic mass is 9.85. The quantitative estimate of drug-likeness (QED) is 0.857. The van der Waals surface area contributed by atoms with Crippen molar-refractivity contribution < 1.29 is 22.7 Å². The van der Waals surface area contributed by atoms with Crippen molar-refractivity contribution in [1.82, 2.24) is 9.71 Å². The zero-order chi connectivity index (χ0) is 15.6. The molecule has 0 saturated heterocycles. The van der Waals surface area contributed by atoms with E-state index in [1.807, 2.05) is 0 Å². The molecule has 2 N–H and O–H groups in total. The van der Waals surface area contributed by atoms with Gasteiger partial charge in [0.05, 0.1) is 6.42 Å². The summed E-state index contributed by atoms with van der Waals surface area (Å²) in [6.07, 6.45) is 0.748. The van der Waals surface area contributed by atoms with Gasteiger partial charge in [0.15, 0.2) is 5.82 Å². The Morgan fingerprint density at radius 2 is 2.10 bits per heavy atom. The molecule has 0 saturated carbocycles. The van der Waals surface area contributed by atoms with Crippen LogP contribution in [-0.2, 0) is 14.8 Å². The van der Waals surface area contributed by atoms with E-state index in [0.29, 0.717) is 0 Å². The third kappa shape index (κ3) is 4.24. The zero-order valence-corrected chi connectivity index (χ0v) is 12.2. The van der Waals surface area contributed by atoms with Gasteiger partial charge < -0.3 is 5.11 Å². The lowest BCUT2D eigenvalue weighted by Crippen LogP contribution is -2.45. The first-order valence-electron chi connectivity index (χ1n) is 5.88. The third-order valence-corrected chi connectivity index (χ3v) is 4.11. The van der Waals surface area contributed by atoms with Gasteiger partial charge in [-0.1, -0.05) is 20.8 Å². The number of carboxylic acid groups (broad SMARTS) is 1. The predicted octanol–water partition coefficient (Wildman–Crippen LogP) is 1.39. The average molecular weight is 304 g/mol. The topological polar surface area (TPSA) is 96.4 Å². The standard InChI is InChI=1S/C12H17FN2O4S/c1-12(2,3)9(7-10(16)17)15-20(18,19)11-8(13)5-4-6-14-11/h4-6,9,15H,7H2,1-3H3,(H,16,17). The van der Waals surface area contributed by atoms with Crippen molar-refractivity contribution in [1.29, 1.82) is 0 Å². The third-order valence-electron chi connectivity index (χ3n) is 2.70. The Morgan fingerprint density at radius 3 is 2.55 bits per heavy atom. The van der Waals surface area contributed by atoms with Gasteiger partial charge in [0.1, 0.15) is 0 Å². The minimum atomic E-state index is -4.22. The van der Waals surface area contributed by atoms with E-state index in [1.165, 1.54) is 6.07 Å². The molecule has 0 bridgehead atoms. The van der Waals surface area contributed by atoms with Crippen LogP contribution >= 0.6 is 0 Å². The second-order valence-electron chi connectivity index (χ2n) is 5.43. The fourth-order valence-corrected chi connectivity index (χ4v) is 2.96. The normalized spacial score (nSPS) is 14.0. The van der Waals surface area contributed by atoms with Crippen molar-refractivity contribution >= 4 is 16.0 Å². The van der Waals surface area contributed by atoms with Gasteiger partial charge in [-0.15, -0.1) is 0 Å². The molecule has 1 rings (SSSR count). The van der Waals surface area contributed by atoms with Gasteiger partial charge in [-0.3, -0.25) is 4.79 Å². The monoisotopic (exact) mass is 304 g/mol. The number of aromatic nitrogens is 1. The Morgan fingerprint density at radius 1 is 1.50 bits per heavy atom. The number of rotatable bonds is 5. The molecular formula is C12H17FN2O4S. The molecule has 1 aromatic heterocycles. The van der Waals surface area contributed by atoms with Crippen LogP contribution in [0.25, 0.3) is 0 Å². The fraction of sp³-hybridized carbons (Fsp3) is 0.500. The molecule has 0 aliphatic heterocycles. The maximum atomic E-state index is 13.5. The second-order valence-corrected chi connectivity index (χ2v) is 7.06. The number of carboxylic acids is 1.